The first-order valence-electron chi connectivity index (χ1n) is 6.77. The molecule has 3 unspecified atom stereocenters. The van der Waals surface area contributed by atoms with Crippen molar-refractivity contribution >= 4 is 0 Å². The second-order valence-electron chi connectivity index (χ2n) is 5.23. The van der Waals surface area contributed by atoms with E-state index in [4.69, 9.17) is 10.2 Å². The Morgan fingerprint density at radius 1 is 1.47 bits per heavy atom. The van der Waals surface area contributed by atoms with Gasteiger partial charge in [0.25, 0.3) is 0 Å². The van der Waals surface area contributed by atoms with Crippen LogP contribution < -0.4 is 11.1 Å². The average molecular weight is 236 g/mol. The zero-order valence-electron chi connectivity index (χ0n) is 10.9. The van der Waals surface area contributed by atoms with Crippen molar-refractivity contribution in [3.8, 4) is 0 Å². The van der Waals surface area contributed by atoms with Crippen molar-refractivity contribution in [3.63, 3.8) is 0 Å². The summed E-state index contributed by atoms with van der Waals surface area (Å²) in [6.07, 6.45) is 4.79. The van der Waals surface area contributed by atoms with Crippen LogP contribution >= 0.6 is 0 Å². The molecule has 2 rings (SSSR count). The van der Waals surface area contributed by atoms with E-state index in [0.717, 1.165) is 23.9 Å². The summed E-state index contributed by atoms with van der Waals surface area (Å²) < 4.78 is 5.78. The Labute approximate surface area is 104 Å². The van der Waals surface area contributed by atoms with E-state index in [1.807, 2.05) is 0 Å². The van der Waals surface area contributed by atoms with E-state index >= 15 is 0 Å². The summed E-state index contributed by atoms with van der Waals surface area (Å²) in [5.41, 5.74) is 5.85. The Bertz CT molecular complexity index is 348. The summed E-state index contributed by atoms with van der Waals surface area (Å²) in [7, 11) is 0. The molecule has 3 heteroatoms. The molecule has 1 aliphatic carbocycles. The summed E-state index contributed by atoms with van der Waals surface area (Å²) in [4.78, 5) is 0. The Hall–Kier alpha value is -0.800. The Morgan fingerprint density at radius 2 is 2.29 bits per heavy atom. The number of rotatable bonds is 5. The standard InChI is InChI=1S/C14H24N2O/c1-3-12-6-7-14(17-12)13(9-15)16-11-5-4-10(2)8-11/h6-7,10-11,13,16H,3-5,8-9,15H2,1-2H3. The Kier molecular flexibility index (Phi) is 4.24. The molecule has 1 aromatic rings. The van der Waals surface area contributed by atoms with Crippen LogP contribution in [0.3, 0.4) is 0 Å². The van der Waals surface area contributed by atoms with Gasteiger partial charge in [-0.05, 0) is 37.3 Å². The van der Waals surface area contributed by atoms with E-state index in [-0.39, 0.29) is 6.04 Å². The highest BCUT2D eigenvalue weighted by Crippen LogP contribution is 2.27. The highest BCUT2D eigenvalue weighted by molar-refractivity contribution is 5.11. The van der Waals surface area contributed by atoms with E-state index < -0.39 is 0 Å². The molecular formula is C14H24N2O. The molecule has 3 nitrogen and oxygen atoms in total. The summed E-state index contributed by atoms with van der Waals surface area (Å²) in [5, 5.41) is 3.63. The fourth-order valence-electron chi connectivity index (χ4n) is 2.68. The molecule has 3 atom stereocenters. The van der Waals surface area contributed by atoms with Gasteiger partial charge in [-0.3, -0.25) is 0 Å². The second kappa shape index (κ2) is 5.69. The largest absolute Gasteiger partial charge is 0.464 e. The monoisotopic (exact) mass is 236 g/mol. The van der Waals surface area contributed by atoms with Gasteiger partial charge in [0.1, 0.15) is 11.5 Å². The van der Waals surface area contributed by atoms with Crippen molar-refractivity contribution in [3.05, 3.63) is 23.7 Å². The third-order valence-electron chi connectivity index (χ3n) is 3.74. The topological polar surface area (TPSA) is 51.2 Å². The average Bonchev–Trinajstić information content (AvgIpc) is 2.94. The summed E-state index contributed by atoms with van der Waals surface area (Å²) in [6, 6.07) is 4.89. The van der Waals surface area contributed by atoms with Gasteiger partial charge >= 0.3 is 0 Å². The maximum absolute atomic E-state index is 5.85. The first-order valence-corrected chi connectivity index (χ1v) is 6.77. The van der Waals surface area contributed by atoms with Crippen molar-refractivity contribution in [1.82, 2.24) is 5.32 Å². The van der Waals surface area contributed by atoms with Crippen LogP contribution in [0.5, 0.6) is 0 Å². The smallest absolute Gasteiger partial charge is 0.122 e. The second-order valence-corrected chi connectivity index (χ2v) is 5.23. The molecule has 1 saturated carbocycles. The van der Waals surface area contributed by atoms with Gasteiger partial charge in [0.2, 0.25) is 0 Å². The predicted octanol–water partition coefficient (Wildman–Crippen LogP) is 2.62. The minimum atomic E-state index is 0.172. The molecule has 0 amide bonds. The van der Waals surface area contributed by atoms with E-state index in [9.17, 15) is 0 Å². The molecule has 0 spiro atoms. The van der Waals surface area contributed by atoms with Crippen LogP contribution in [0.1, 0.15) is 50.7 Å². The maximum atomic E-state index is 5.85. The van der Waals surface area contributed by atoms with Crippen LogP contribution in [0.2, 0.25) is 0 Å². The quantitative estimate of drug-likeness (QED) is 0.826. The van der Waals surface area contributed by atoms with Crippen molar-refractivity contribution in [2.24, 2.45) is 11.7 Å². The van der Waals surface area contributed by atoms with Crippen LogP contribution in [-0.2, 0) is 6.42 Å². The number of furan rings is 1. The van der Waals surface area contributed by atoms with E-state index in [0.29, 0.717) is 12.6 Å². The molecule has 1 heterocycles. The lowest BCUT2D eigenvalue weighted by atomic mass is 10.1. The van der Waals surface area contributed by atoms with Crippen LogP contribution in [0, 0.1) is 5.92 Å². The molecule has 1 fully saturated rings. The van der Waals surface area contributed by atoms with E-state index in [2.05, 4.69) is 31.3 Å². The number of nitrogens with two attached hydrogens (primary N) is 1. The van der Waals surface area contributed by atoms with Crippen LogP contribution in [0.15, 0.2) is 16.5 Å². The first-order chi connectivity index (χ1) is 8.22. The van der Waals surface area contributed by atoms with Gasteiger partial charge in [-0.15, -0.1) is 0 Å². The summed E-state index contributed by atoms with van der Waals surface area (Å²) in [5.74, 6) is 2.87. The lowest BCUT2D eigenvalue weighted by molar-refractivity contribution is 0.362. The molecule has 96 valence electrons. The van der Waals surface area contributed by atoms with Crippen molar-refractivity contribution in [2.75, 3.05) is 6.54 Å². The fourth-order valence-corrected chi connectivity index (χ4v) is 2.68. The maximum Gasteiger partial charge on any atom is 0.122 e. The van der Waals surface area contributed by atoms with E-state index in [1.165, 1.54) is 19.3 Å². The van der Waals surface area contributed by atoms with Gasteiger partial charge in [0.05, 0.1) is 6.04 Å². The van der Waals surface area contributed by atoms with Crippen LogP contribution in [0.4, 0.5) is 0 Å². The molecule has 0 bridgehead atoms. The zero-order valence-corrected chi connectivity index (χ0v) is 10.9. The van der Waals surface area contributed by atoms with Gasteiger partial charge in [-0.2, -0.15) is 0 Å². The number of aryl methyl sites for hydroxylation is 1. The van der Waals surface area contributed by atoms with Gasteiger partial charge < -0.3 is 15.5 Å². The predicted molar refractivity (Wildman–Crippen MR) is 69.8 cm³/mol. The van der Waals surface area contributed by atoms with E-state index in [1.54, 1.807) is 0 Å². The number of hydrogen-bond acceptors (Lipinski definition) is 3. The minimum absolute atomic E-state index is 0.172. The van der Waals surface area contributed by atoms with Crippen LogP contribution in [0.25, 0.3) is 0 Å². The fraction of sp³-hybridized carbons (Fsp3) is 0.714. The summed E-state index contributed by atoms with van der Waals surface area (Å²) >= 11 is 0. The molecule has 0 saturated heterocycles. The van der Waals surface area contributed by atoms with Gasteiger partial charge in [-0.25, -0.2) is 0 Å². The molecular weight excluding hydrogens is 212 g/mol. The Balaban J connectivity index is 1.96. The molecule has 0 aromatic carbocycles. The van der Waals surface area contributed by atoms with Gasteiger partial charge in [0, 0.05) is 19.0 Å². The summed E-state index contributed by atoms with van der Waals surface area (Å²) in [6.45, 7) is 5.02. The van der Waals surface area contributed by atoms with Crippen molar-refractivity contribution in [1.29, 1.82) is 0 Å². The number of nitrogens with one attached hydrogen (secondary N) is 1. The molecule has 0 aliphatic heterocycles. The van der Waals surface area contributed by atoms with Crippen LogP contribution in [-0.4, -0.2) is 12.6 Å². The third-order valence-corrected chi connectivity index (χ3v) is 3.74. The lowest BCUT2D eigenvalue weighted by Gasteiger charge is -2.20. The zero-order chi connectivity index (χ0) is 12.3. The molecule has 0 radical (unpaired) electrons. The SMILES string of the molecule is CCc1ccc(C(CN)NC2CCC(C)C2)o1. The Morgan fingerprint density at radius 3 is 2.82 bits per heavy atom. The van der Waals surface area contributed by atoms with Gasteiger partial charge in [0.15, 0.2) is 0 Å². The molecule has 17 heavy (non-hydrogen) atoms. The van der Waals surface area contributed by atoms with Gasteiger partial charge in [-0.1, -0.05) is 13.8 Å². The molecule has 3 N–H and O–H groups in total. The van der Waals surface area contributed by atoms with Crippen molar-refractivity contribution in [2.45, 2.75) is 51.6 Å². The highest BCUT2D eigenvalue weighted by Gasteiger charge is 2.24. The molecule has 1 aliphatic rings. The molecule has 1 aromatic heterocycles. The van der Waals surface area contributed by atoms with Crippen molar-refractivity contribution < 1.29 is 4.42 Å². The minimum Gasteiger partial charge on any atom is -0.464 e. The normalized spacial score (nSPS) is 26.3. The lowest BCUT2D eigenvalue weighted by Crippen LogP contribution is -2.35. The first kappa shape index (κ1) is 12.7. The third kappa shape index (κ3) is 3.11. The highest BCUT2D eigenvalue weighted by atomic mass is 16.3. The number of hydrogen-bond donors (Lipinski definition) is 2.